The predicted octanol–water partition coefficient (Wildman–Crippen LogP) is 1.01. The molecule has 0 aliphatic heterocycles. The molecule has 3 rings (SSSR count). The number of nitrogens with one attached hydrogen (secondary N) is 2. The second kappa shape index (κ2) is 7.97. The third-order valence-electron chi connectivity index (χ3n) is 5.07. The van der Waals surface area contributed by atoms with E-state index in [0.717, 1.165) is 44.9 Å². The van der Waals surface area contributed by atoms with Gasteiger partial charge in [0.25, 0.3) is 5.91 Å². The summed E-state index contributed by atoms with van der Waals surface area (Å²) in [6.45, 7) is 0. The average molecular weight is 349 g/mol. The Morgan fingerprint density at radius 2 is 1.80 bits per heavy atom. The van der Waals surface area contributed by atoms with Crippen LogP contribution in [0.3, 0.4) is 0 Å². The van der Waals surface area contributed by atoms with E-state index < -0.39 is 5.91 Å². The Labute approximate surface area is 147 Å². The summed E-state index contributed by atoms with van der Waals surface area (Å²) in [5.74, 6) is 0.288. The first kappa shape index (κ1) is 17.9. The van der Waals surface area contributed by atoms with Crippen LogP contribution in [0.2, 0.25) is 0 Å². The van der Waals surface area contributed by atoms with Gasteiger partial charge in [-0.3, -0.25) is 4.79 Å². The first-order chi connectivity index (χ1) is 12.0. The number of hydrogen-bond acceptors (Lipinski definition) is 7. The molecule has 1 aromatic rings. The largest absolute Gasteiger partial charge is 0.393 e. The van der Waals surface area contributed by atoms with Crippen molar-refractivity contribution < 1.29 is 15.0 Å². The van der Waals surface area contributed by atoms with Gasteiger partial charge in [0.1, 0.15) is 5.82 Å². The predicted molar refractivity (Wildman–Crippen MR) is 94.3 cm³/mol. The quantitative estimate of drug-likeness (QED) is 0.535. The second-order valence-electron chi connectivity index (χ2n) is 7.13. The molecule has 1 heterocycles. The Balaban J connectivity index is 1.71. The molecule has 6 N–H and O–H groups in total. The molecule has 1 unspecified atom stereocenters. The van der Waals surface area contributed by atoms with Crippen LogP contribution in [-0.2, 0) is 0 Å². The summed E-state index contributed by atoms with van der Waals surface area (Å²) in [4.78, 5) is 20.3. The maximum Gasteiger partial charge on any atom is 0.254 e. The van der Waals surface area contributed by atoms with Gasteiger partial charge in [-0.25, -0.2) is 4.98 Å². The number of aromatic nitrogens is 2. The van der Waals surface area contributed by atoms with Gasteiger partial charge in [0, 0.05) is 18.3 Å². The van der Waals surface area contributed by atoms with Crippen LogP contribution in [0.25, 0.3) is 0 Å². The molecule has 25 heavy (non-hydrogen) atoms. The fourth-order valence-electron chi connectivity index (χ4n) is 3.63. The minimum atomic E-state index is -0.578. The fourth-order valence-corrected chi connectivity index (χ4v) is 3.63. The molecule has 1 amide bonds. The van der Waals surface area contributed by atoms with Crippen LogP contribution in [0.1, 0.15) is 61.7 Å². The molecule has 8 heteroatoms. The van der Waals surface area contributed by atoms with Crippen molar-refractivity contribution >= 4 is 17.7 Å². The van der Waals surface area contributed by atoms with Crippen molar-refractivity contribution in [3.63, 3.8) is 0 Å². The average Bonchev–Trinajstić information content (AvgIpc) is 2.57. The van der Waals surface area contributed by atoms with Gasteiger partial charge < -0.3 is 26.6 Å². The molecule has 2 aliphatic carbocycles. The lowest BCUT2D eigenvalue weighted by atomic mass is 9.93. The molecule has 1 aromatic heterocycles. The van der Waals surface area contributed by atoms with Gasteiger partial charge in [0.2, 0.25) is 5.95 Å². The number of primary amides is 1. The highest BCUT2D eigenvalue weighted by molar-refractivity contribution is 5.97. The lowest BCUT2D eigenvalue weighted by Gasteiger charge is -2.28. The highest BCUT2D eigenvalue weighted by Crippen LogP contribution is 2.25. The van der Waals surface area contributed by atoms with Crippen LogP contribution in [0, 0.1) is 0 Å². The van der Waals surface area contributed by atoms with Gasteiger partial charge >= 0.3 is 0 Å². The fraction of sp³-hybridized carbons (Fsp3) is 0.706. The van der Waals surface area contributed by atoms with Gasteiger partial charge in [-0.2, -0.15) is 4.98 Å². The van der Waals surface area contributed by atoms with Gasteiger partial charge in [-0.15, -0.1) is 0 Å². The Morgan fingerprint density at radius 1 is 1.04 bits per heavy atom. The summed E-state index contributed by atoms with van der Waals surface area (Å²) < 4.78 is 0. The first-order valence-electron chi connectivity index (χ1n) is 9.07. The molecule has 8 nitrogen and oxygen atoms in total. The van der Waals surface area contributed by atoms with E-state index in [-0.39, 0.29) is 29.9 Å². The standard InChI is InChI=1S/C17H27N5O3/c18-15(25)14-9-19-17(21-10-4-6-12(23)7-5-10)22-16(14)20-11-2-1-3-13(24)8-11/h9-13,23-24H,1-8H2,(H2,18,25)(H2,19,20,21,22)/t10-,11?,12-,13-/m0/s1. The zero-order valence-corrected chi connectivity index (χ0v) is 14.3. The van der Waals surface area contributed by atoms with E-state index in [4.69, 9.17) is 5.73 Å². The third kappa shape index (κ3) is 4.79. The van der Waals surface area contributed by atoms with Crippen LogP contribution in [0.15, 0.2) is 6.20 Å². The van der Waals surface area contributed by atoms with Crippen molar-refractivity contribution in [3.05, 3.63) is 11.8 Å². The Hall–Kier alpha value is -1.93. The molecule has 2 saturated carbocycles. The second-order valence-corrected chi connectivity index (χ2v) is 7.13. The van der Waals surface area contributed by atoms with Crippen molar-refractivity contribution in [2.75, 3.05) is 10.6 Å². The van der Waals surface area contributed by atoms with Gasteiger partial charge in [-0.05, 0) is 51.4 Å². The normalized spacial score (nSPS) is 29.8. The summed E-state index contributed by atoms with van der Waals surface area (Å²) in [7, 11) is 0. The number of anilines is 2. The molecule has 138 valence electrons. The van der Waals surface area contributed by atoms with Crippen molar-refractivity contribution in [2.45, 2.75) is 75.7 Å². The minimum absolute atomic E-state index is 0.0643. The van der Waals surface area contributed by atoms with Crippen LogP contribution < -0.4 is 16.4 Å². The van der Waals surface area contributed by atoms with E-state index in [1.165, 1.54) is 6.20 Å². The summed E-state index contributed by atoms with van der Waals surface area (Å²) in [6.07, 6.45) is 7.45. The number of nitrogens with two attached hydrogens (primary N) is 1. The van der Waals surface area contributed by atoms with E-state index in [0.29, 0.717) is 18.2 Å². The highest BCUT2D eigenvalue weighted by Gasteiger charge is 2.24. The topological polar surface area (TPSA) is 133 Å². The van der Waals surface area contributed by atoms with Gasteiger partial charge in [-0.1, -0.05) is 0 Å². The van der Waals surface area contributed by atoms with E-state index in [2.05, 4.69) is 20.6 Å². The number of amides is 1. The Morgan fingerprint density at radius 3 is 2.48 bits per heavy atom. The van der Waals surface area contributed by atoms with Crippen LogP contribution in [0.4, 0.5) is 11.8 Å². The number of carbonyl (C=O) groups excluding carboxylic acids is 1. The van der Waals surface area contributed by atoms with Crippen molar-refractivity contribution in [1.82, 2.24) is 9.97 Å². The summed E-state index contributed by atoms with van der Waals surface area (Å²) >= 11 is 0. The lowest BCUT2D eigenvalue weighted by Crippen LogP contribution is -2.32. The Bertz CT molecular complexity index is 604. The first-order valence-corrected chi connectivity index (χ1v) is 9.07. The maximum atomic E-state index is 11.7. The van der Waals surface area contributed by atoms with Crippen molar-refractivity contribution in [3.8, 4) is 0 Å². The van der Waals surface area contributed by atoms with Crippen LogP contribution in [-0.4, -0.2) is 50.4 Å². The van der Waals surface area contributed by atoms with Crippen molar-refractivity contribution in [2.24, 2.45) is 5.73 Å². The zero-order valence-electron chi connectivity index (χ0n) is 14.3. The molecule has 2 aliphatic rings. The molecule has 0 spiro atoms. The number of nitrogens with zero attached hydrogens (tertiary/aromatic N) is 2. The number of aliphatic hydroxyl groups is 2. The molecule has 0 saturated heterocycles. The summed E-state index contributed by atoms with van der Waals surface area (Å²) in [5, 5.41) is 26.0. The molecular formula is C17H27N5O3. The monoisotopic (exact) mass is 349 g/mol. The molecule has 0 bridgehead atoms. The number of rotatable bonds is 5. The lowest BCUT2D eigenvalue weighted by molar-refractivity contribution is 0.1000. The van der Waals surface area contributed by atoms with E-state index >= 15 is 0 Å². The molecule has 0 radical (unpaired) electrons. The molecule has 2 fully saturated rings. The summed E-state index contributed by atoms with van der Waals surface area (Å²) in [5.41, 5.74) is 5.69. The van der Waals surface area contributed by atoms with Gasteiger partial charge in [0.05, 0.1) is 17.8 Å². The third-order valence-corrected chi connectivity index (χ3v) is 5.07. The number of aliphatic hydroxyl groups excluding tert-OH is 2. The van der Waals surface area contributed by atoms with Crippen molar-refractivity contribution in [1.29, 1.82) is 0 Å². The molecule has 0 aromatic carbocycles. The number of carbonyl (C=O) groups is 1. The van der Waals surface area contributed by atoms with Crippen LogP contribution in [0.5, 0.6) is 0 Å². The maximum absolute atomic E-state index is 11.7. The molecule has 2 atom stereocenters. The summed E-state index contributed by atoms with van der Waals surface area (Å²) in [6, 6.07) is 0.279. The highest BCUT2D eigenvalue weighted by atomic mass is 16.3. The van der Waals surface area contributed by atoms with E-state index in [1.54, 1.807) is 0 Å². The minimum Gasteiger partial charge on any atom is -0.393 e. The van der Waals surface area contributed by atoms with Crippen LogP contribution >= 0.6 is 0 Å². The zero-order chi connectivity index (χ0) is 17.8. The molecular weight excluding hydrogens is 322 g/mol. The van der Waals surface area contributed by atoms with Gasteiger partial charge in [0.15, 0.2) is 0 Å². The smallest absolute Gasteiger partial charge is 0.254 e. The van der Waals surface area contributed by atoms with E-state index in [1.807, 2.05) is 0 Å². The number of hydrogen-bond donors (Lipinski definition) is 5. The Kier molecular flexibility index (Phi) is 5.70. The SMILES string of the molecule is NC(=O)c1cnc(N[C@H]2CC[C@H](O)CC2)nc1NC1CCC[C@H](O)C1. The van der Waals surface area contributed by atoms with E-state index in [9.17, 15) is 15.0 Å².